The summed E-state index contributed by atoms with van der Waals surface area (Å²) in [6.07, 6.45) is 1.61. The van der Waals surface area contributed by atoms with Crippen LogP contribution in [0.2, 0.25) is 0 Å². The second-order valence-corrected chi connectivity index (χ2v) is 4.68. The maximum absolute atomic E-state index is 12.1. The van der Waals surface area contributed by atoms with Crippen molar-refractivity contribution in [1.82, 2.24) is 20.3 Å². The Hall–Kier alpha value is -1.89. The molecule has 1 N–H and O–H groups in total. The van der Waals surface area contributed by atoms with Crippen LogP contribution in [0.1, 0.15) is 16.1 Å². The fourth-order valence-corrected chi connectivity index (χ4v) is 2.16. The van der Waals surface area contributed by atoms with Crippen molar-refractivity contribution in [3.63, 3.8) is 0 Å². The standard InChI is InChI=1S/C12H13BrN4O2/c1-17-15-7-8(16-17)6-14-12(18)9-4-3-5-10(13)11(9)19-2/h3-5,7H,6H2,1-2H3,(H,14,18). The number of hydrogen-bond donors (Lipinski definition) is 1. The van der Waals surface area contributed by atoms with Gasteiger partial charge in [-0.15, -0.1) is 0 Å². The summed E-state index contributed by atoms with van der Waals surface area (Å²) in [5.74, 6) is 0.294. The summed E-state index contributed by atoms with van der Waals surface area (Å²) in [4.78, 5) is 13.5. The smallest absolute Gasteiger partial charge is 0.255 e. The molecule has 1 aromatic carbocycles. The van der Waals surface area contributed by atoms with Crippen LogP contribution in [0.25, 0.3) is 0 Å². The Morgan fingerprint density at radius 3 is 2.95 bits per heavy atom. The summed E-state index contributed by atoms with van der Waals surface area (Å²) in [7, 11) is 3.25. The number of halogens is 1. The molecule has 2 aromatic rings. The minimum Gasteiger partial charge on any atom is -0.495 e. The fraction of sp³-hybridized carbons (Fsp3) is 0.250. The molecule has 0 aliphatic rings. The van der Waals surface area contributed by atoms with Crippen LogP contribution in [0.15, 0.2) is 28.9 Å². The van der Waals surface area contributed by atoms with Crippen LogP contribution < -0.4 is 10.1 Å². The molecule has 0 bridgehead atoms. The van der Waals surface area contributed by atoms with Gasteiger partial charge >= 0.3 is 0 Å². The molecule has 6 nitrogen and oxygen atoms in total. The van der Waals surface area contributed by atoms with Crippen molar-refractivity contribution in [2.24, 2.45) is 7.05 Å². The van der Waals surface area contributed by atoms with E-state index < -0.39 is 0 Å². The van der Waals surface area contributed by atoms with E-state index in [1.807, 2.05) is 6.07 Å². The van der Waals surface area contributed by atoms with Crippen molar-refractivity contribution in [3.05, 3.63) is 40.1 Å². The lowest BCUT2D eigenvalue weighted by Gasteiger charge is -2.09. The molecule has 0 radical (unpaired) electrons. The first kappa shape index (κ1) is 13.5. The van der Waals surface area contributed by atoms with Crippen LogP contribution in [0.5, 0.6) is 5.75 Å². The lowest BCUT2D eigenvalue weighted by Crippen LogP contribution is -2.23. The normalized spacial score (nSPS) is 10.3. The Kier molecular flexibility index (Phi) is 4.16. The van der Waals surface area contributed by atoms with Gasteiger partial charge in [-0.2, -0.15) is 15.0 Å². The van der Waals surface area contributed by atoms with Crippen molar-refractivity contribution in [2.75, 3.05) is 7.11 Å². The molecule has 0 saturated heterocycles. The largest absolute Gasteiger partial charge is 0.495 e. The van der Waals surface area contributed by atoms with E-state index in [-0.39, 0.29) is 5.91 Å². The zero-order valence-corrected chi connectivity index (χ0v) is 12.1. The van der Waals surface area contributed by atoms with Gasteiger partial charge in [0.25, 0.3) is 5.91 Å². The monoisotopic (exact) mass is 324 g/mol. The average molecular weight is 325 g/mol. The van der Waals surface area contributed by atoms with Gasteiger partial charge in [-0.25, -0.2) is 0 Å². The molecule has 0 spiro atoms. The third kappa shape index (κ3) is 3.11. The van der Waals surface area contributed by atoms with Crippen LogP contribution in [-0.4, -0.2) is 28.0 Å². The van der Waals surface area contributed by atoms with Gasteiger partial charge in [0.15, 0.2) is 0 Å². The van der Waals surface area contributed by atoms with Gasteiger partial charge in [0.05, 0.1) is 29.9 Å². The first-order chi connectivity index (χ1) is 9.11. The van der Waals surface area contributed by atoms with Crippen molar-refractivity contribution in [2.45, 2.75) is 6.54 Å². The Morgan fingerprint density at radius 1 is 1.53 bits per heavy atom. The van der Waals surface area contributed by atoms with E-state index in [2.05, 4.69) is 31.4 Å². The average Bonchev–Trinajstić information content (AvgIpc) is 2.81. The predicted molar refractivity (Wildman–Crippen MR) is 72.9 cm³/mol. The molecule has 1 heterocycles. The van der Waals surface area contributed by atoms with Crippen molar-refractivity contribution < 1.29 is 9.53 Å². The number of carbonyl (C=O) groups excluding carboxylic acids is 1. The number of ether oxygens (including phenoxy) is 1. The predicted octanol–water partition coefficient (Wildman–Crippen LogP) is 1.52. The summed E-state index contributed by atoms with van der Waals surface area (Å²) in [6.45, 7) is 0.322. The number of aryl methyl sites for hydroxylation is 1. The third-order valence-electron chi connectivity index (χ3n) is 2.49. The number of aromatic nitrogens is 3. The van der Waals surface area contributed by atoms with Crippen LogP contribution in [-0.2, 0) is 13.6 Å². The van der Waals surface area contributed by atoms with Gasteiger partial charge in [-0.1, -0.05) is 6.07 Å². The summed E-state index contributed by atoms with van der Waals surface area (Å²) in [6, 6.07) is 5.30. The van der Waals surface area contributed by atoms with E-state index >= 15 is 0 Å². The van der Waals surface area contributed by atoms with E-state index in [9.17, 15) is 4.79 Å². The van der Waals surface area contributed by atoms with E-state index in [1.165, 1.54) is 11.9 Å². The SMILES string of the molecule is COc1c(Br)cccc1C(=O)NCc1cnn(C)n1. The summed E-state index contributed by atoms with van der Waals surface area (Å²) in [5.41, 5.74) is 1.17. The van der Waals surface area contributed by atoms with Crippen molar-refractivity contribution in [3.8, 4) is 5.75 Å². The molecule has 0 aliphatic carbocycles. The third-order valence-corrected chi connectivity index (χ3v) is 3.12. The molecule has 1 aromatic heterocycles. The van der Waals surface area contributed by atoms with E-state index in [0.717, 1.165) is 4.47 Å². The maximum Gasteiger partial charge on any atom is 0.255 e. The molecule has 0 saturated carbocycles. The summed E-state index contributed by atoms with van der Waals surface area (Å²) < 4.78 is 5.95. The van der Waals surface area contributed by atoms with Crippen LogP contribution >= 0.6 is 15.9 Å². The molecule has 2 rings (SSSR count). The highest BCUT2D eigenvalue weighted by atomic mass is 79.9. The van der Waals surface area contributed by atoms with Crippen LogP contribution in [0.4, 0.5) is 0 Å². The van der Waals surface area contributed by atoms with Gasteiger partial charge in [0, 0.05) is 7.05 Å². The zero-order chi connectivity index (χ0) is 13.8. The highest BCUT2D eigenvalue weighted by Crippen LogP contribution is 2.28. The van der Waals surface area contributed by atoms with Gasteiger partial charge in [-0.05, 0) is 28.1 Å². The van der Waals surface area contributed by atoms with E-state index in [0.29, 0.717) is 23.6 Å². The topological polar surface area (TPSA) is 69.0 Å². The lowest BCUT2D eigenvalue weighted by molar-refractivity contribution is 0.0947. The Balaban J connectivity index is 2.10. The van der Waals surface area contributed by atoms with E-state index in [4.69, 9.17) is 4.74 Å². The summed E-state index contributed by atoms with van der Waals surface area (Å²) >= 11 is 3.34. The molecule has 19 heavy (non-hydrogen) atoms. The first-order valence-corrected chi connectivity index (χ1v) is 6.37. The van der Waals surface area contributed by atoms with Gasteiger partial charge < -0.3 is 10.1 Å². The molecule has 7 heteroatoms. The minimum atomic E-state index is -0.219. The molecular weight excluding hydrogens is 312 g/mol. The lowest BCUT2D eigenvalue weighted by atomic mass is 10.2. The van der Waals surface area contributed by atoms with Crippen molar-refractivity contribution >= 4 is 21.8 Å². The molecule has 0 fully saturated rings. The number of amides is 1. The number of para-hydroxylation sites is 1. The molecule has 100 valence electrons. The molecule has 0 unspecified atom stereocenters. The highest BCUT2D eigenvalue weighted by molar-refractivity contribution is 9.10. The first-order valence-electron chi connectivity index (χ1n) is 5.57. The fourth-order valence-electron chi connectivity index (χ4n) is 1.63. The highest BCUT2D eigenvalue weighted by Gasteiger charge is 2.14. The molecule has 0 aliphatic heterocycles. The zero-order valence-electron chi connectivity index (χ0n) is 10.6. The molecule has 1 amide bonds. The Labute approximate surface area is 118 Å². The second kappa shape index (κ2) is 5.83. The second-order valence-electron chi connectivity index (χ2n) is 3.83. The van der Waals surface area contributed by atoms with Crippen LogP contribution in [0, 0.1) is 0 Å². The van der Waals surface area contributed by atoms with Crippen molar-refractivity contribution in [1.29, 1.82) is 0 Å². The van der Waals surface area contributed by atoms with Gasteiger partial charge in [0.2, 0.25) is 0 Å². The van der Waals surface area contributed by atoms with Gasteiger partial charge in [-0.3, -0.25) is 4.79 Å². The number of carbonyl (C=O) groups is 1. The van der Waals surface area contributed by atoms with Crippen LogP contribution in [0.3, 0.4) is 0 Å². The maximum atomic E-state index is 12.1. The number of benzene rings is 1. The minimum absolute atomic E-state index is 0.219. The van der Waals surface area contributed by atoms with Gasteiger partial charge in [0.1, 0.15) is 11.4 Å². The molecule has 0 atom stereocenters. The number of hydrogen-bond acceptors (Lipinski definition) is 4. The molecular formula is C12H13BrN4O2. The Bertz CT molecular complexity index is 597. The number of nitrogens with one attached hydrogen (secondary N) is 1. The number of nitrogens with zero attached hydrogens (tertiary/aromatic N) is 3. The number of rotatable bonds is 4. The Morgan fingerprint density at radius 2 is 2.32 bits per heavy atom. The summed E-state index contributed by atoms with van der Waals surface area (Å²) in [5, 5.41) is 10.8. The van der Waals surface area contributed by atoms with E-state index in [1.54, 1.807) is 25.4 Å². The number of methoxy groups -OCH3 is 1. The quantitative estimate of drug-likeness (QED) is 0.925.